The molecular weight excluding hydrogens is 462 g/mol. The molecule has 34 heavy (non-hydrogen) atoms. The number of aromatic nitrogens is 1. The van der Waals surface area contributed by atoms with Gasteiger partial charge in [-0.15, -0.1) is 11.3 Å². The van der Waals surface area contributed by atoms with E-state index in [1.54, 1.807) is 24.4 Å². The van der Waals surface area contributed by atoms with Crippen molar-refractivity contribution in [2.24, 2.45) is 0 Å². The first-order chi connectivity index (χ1) is 16.2. The van der Waals surface area contributed by atoms with Crippen molar-refractivity contribution in [3.05, 3.63) is 85.4 Å². The quantitative estimate of drug-likeness (QED) is 0.233. The zero-order valence-electron chi connectivity index (χ0n) is 18.1. The highest BCUT2D eigenvalue weighted by atomic mass is 32.1. The fraction of sp³-hybridized carbons (Fsp3) is 0.174. The van der Waals surface area contributed by atoms with E-state index in [4.69, 9.17) is 4.74 Å². The number of hydrogen-bond acceptors (Lipinski definition) is 9. The molecule has 1 heterocycles. The lowest BCUT2D eigenvalue weighted by Crippen LogP contribution is -2.27. The van der Waals surface area contributed by atoms with Gasteiger partial charge in [-0.2, -0.15) is 0 Å². The molecule has 0 bridgehead atoms. The Morgan fingerprint density at radius 2 is 1.76 bits per heavy atom. The number of carbonyl (C=O) groups is 4. The molecule has 172 valence electrons. The highest BCUT2D eigenvalue weighted by Crippen LogP contribution is 2.36. The van der Waals surface area contributed by atoms with Gasteiger partial charge in [-0.1, -0.05) is 24.3 Å². The zero-order valence-corrected chi connectivity index (χ0v) is 18.9. The van der Waals surface area contributed by atoms with Gasteiger partial charge in [-0.3, -0.25) is 29.4 Å². The second-order valence-electron chi connectivity index (χ2n) is 7.31. The van der Waals surface area contributed by atoms with Crippen molar-refractivity contribution in [1.82, 2.24) is 4.98 Å². The largest absolute Gasteiger partial charge is 0.455 e. The molecule has 0 radical (unpaired) electrons. The van der Waals surface area contributed by atoms with E-state index in [9.17, 15) is 29.3 Å². The van der Waals surface area contributed by atoms with Crippen molar-refractivity contribution < 1.29 is 28.8 Å². The summed E-state index contributed by atoms with van der Waals surface area (Å²) in [5.74, 6) is -2.47. The summed E-state index contributed by atoms with van der Waals surface area (Å²) in [7, 11) is 0. The van der Waals surface area contributed by atoms with Crippen molar-refractivity contribution in [2.75, 3.05) is 11.4 Å². The maximum atomic E-state index is 13.0. The van der Waals surface area contributed by atoms with E-state index >= 15 is 0 Å². The van der Waals surface area contributed by atoms with E-state index in [1.807, 2.05) is 0 Å². The third-order valence-electron chi connectivity index (χ3n) is 5.29. The van der Waals surface area contributed by atoms with Crippen LogP contribution in [0, 0.1) is 10.1 Å². The summed E-state index contributed by atoms with van der Waals surface area (Å²) in [6, 6.07) is 8.36. The third-order valence-corrected chi connectivity index (χ3v) is 6.20. The molecule has 1 aliphatic rings. The number of thiazole rings is 1. The Morgan fingerprint density at radius 3 is 2.38 bits per heavy atom. The Balaban J connectivity index is 1.64. The van der Waals surface area contributed by atoms with Crippen molar-refractivity contribution in [3.8, 4) is 0 Å². The fourth-order valence-corrected chi connectivity index (χ4v) is 4.64. The van der Waals surface area contributed by atoms with Crippen LogP contribution >= 0.6 is 11.3 Å². The second-order valence-corrected chi connectivity index (χ2v) is 8.14. The zero-order chi connectivity index (χ0) is 24.6. The van der Waals surface area contributed by atoms with E-state index in [2.05, 4.69) is 4.98 Å². The van der Waals surface area contributed by atoms with Crippen molar-refractivity contribution in [2.45, 2.75) is 20.5 Å². The Hall–Kier alpha value is -4.25. The summed E-state index contributed by atoms with van der Waals surface area (Å²) in [4.78, 5) is 67.0. The summed E-state index contributed by atoms with van der Waals surface area (Å²) in [5, 5.41) is 13.9. The van der Waals surface area contributed by atoms with Crippen molar-refractivity contribution >= 4 is 45.6 Å². The van der Waals surface area contributed by atoms with Crippen LogP contribution in [-0.2, 0) is 16.1 Å². The normalized spacial score (nSPS) is 12.1. The molecule has 0 saturated heterocycles. The predicted octanol–water partition coefficient (Wildman–Crippen LogP) is 3.56. The van der Waals surface area contributed by atoms with Crippen LogP contribution in [0.2, 0.25) is 0 Å². The Bertz CT molecular complexity index is 1380. The van der Waals surface area contributed by atoms with Gasteiger partial charge in [0.05, 0.1) is 10.6 Å². The monoisotopic (exact) mass is 479 g/mol. The molecule has 1 aliphatic carbocycles. The number of hydrogen-bond donors (Lipinski definition) is 0. The summed E-state index contributed by atoms with van der Waals surface area (Å²) in [5.41, 5.74) is -1.25. The van der Waals surface area contributed by atoms with E-state index in [-0.39, 0.29) is 29.2 Å². The lowest BCUT2D eigenvalue weighted by atomic mass is 9.82. The molecule has 10 nitrogen and oxygen atoms in total. The topological polar surface area (TPSA) is 137 Å². The molecule has 0 spiro atoms. The summed E-state index contributed by atoms with van der Waals surface area (Å²) in [6.45, 7) is 3.32. The molecule has 11 heteroatoms. The van der Waals surface area contributed by atoms with E-state index in [0.717, 1.165) is 6.07 Å². The van der Waals surface area contributed by atoms with Gasteiger partial charge in [0.2, 0.25) is 11.7 Å². The summed E-state index contributed by atoms with van der Waals surface area (Å²) in [6.07, 6.45) is 0. The highest BCUT2D eigenvalue weighted by molar-refractivity contribution is 7.14. The average molecular weight is 479 g/mol. The van der Waals surface area contributed by atoms with Gasteiger partial charge in [0, 0.05) is 35.5 Å². The molecule has 0 N–H and O–H groups in total. The Labute approximate surface area is 196 Å². The molecule has 1 amide bonds. The fourth-order valence-electron chi connectivity index (χ4n) is 3.72. The number of esters is 1. The molecule has 0 saturated carbocycles. The number of amides is 1. The molecule has 3 aromatic rings. The summed E-state index contributed by atoms with van der Waals surface area (Å²) < 4.78 is 5.22. The van der Waals surface area contributed by atoms with Crippen LogP contribution in [-0.4, -0.2) is 39.9 Å². The van der Waals surface area contributed by atoms with Crippen molar-refractivity contribution in [1.29, 1.82) is 0 Å². The standard InChI is InChI=1S/C23H17N3O7S/c1-3-25(12(2)27)23-24-13(11-34-23)10-33-22(30)17-9-8-16-18(19(17)26(31)32)21(29)15-7-5-4-6-14(15)20(16)28/h4-9,11H,3,10H2,1-2H3. The number of nitrogens with zero attached hydrogens (tertiary/aromatic N) is 3. The van der Waals surface area contributed by atoms with Crippen LogP contribution in [0.5, 0.6) is 0 Å². The number of ether oxygens (including phenoxy) is 1. The number of fused-ring (bicyclic) bond motifs is 2. The van der Waals surface area contributed by atoms with Gasteiger partial charge in [0.15, 0.2) is 10.9 Å². The molecule has 0 unspecified atom stereocenters. The van der Waals surface area contributed by atoms with Crippen LogP contribution in [0.3, 0.4) is 0 Å². The summed E-state index contributed by atoms with van der Waals surface area (Å²) >= 11 is 1.19. The van der Waals surface area contributed by atoms with E-state index < -0.39 is 39.3 Å². The average Bonchev–Trinajstić information content (AvgIpc) is 3.28. The van der Waals surface area contributed by atoms with E-state index in [1.165, 1.54) is 41.4 Å². The first kappa shape index (κ1) is 22.9. The first-order valence-corrected chi connectivity index (χ1v) is 11.0. The molecule has 1 aromatic heterocycles. The minimum absolute atomic E-state index is 0.0366. The number of nitro groups is 1. The van der Waals surface area contributed by atoms with E-state index in [0.29, 0.717) is 17.4 Å². The lowest BCUT2D eigenvalue weighted by Gasteiger charge is -2.18. The van der Waals surface area contributed by atoms with Crippen LogP contribution in [0.1, 0.15) is 61.7 Å². The minimum Gasteiger partial charge on any atom is -0.455 e. The maximum Gasteiger partial charge on any atom is 0.345 e. The van der Waals surface area contributed by atoms with Gasteiger partial charge >= 0.3 is 5.97 Å². The van der Waals surface area contributed by atoms with Gasteiger partial charge in [0.1, 0.15) is 17.7 Å². The number of nitro benzene ring substituents is 1. The molecule has 4 rings (SSSR count). The number of carbonyl (C=O) groups excluding carboxylic acids is 4. The Morgan fingerprint density at radius 1 is 1.09 bits per heavy atom. The van der Waals surface area contributed by atoms with Crippen LogP contribution in [0.4, 0.5) is 10.8 Å². The SMILES string of the molecule is CCN(C(C)=O)c1nc(COC(=O)c2ccc3c(c2[N+](=O)[O-])C(=O)c2ccccc2C3=O)cs1. The highest BCUT2D eigenvalue weighted by Gasteiger charge is 2.39. The Kier molecular flexibility index (Phi) is 6.03. The number of ketones is 2. The molecule has 0 atom stereocenters. The molecule has 0 fully saturated rings. The van der Waals surface area contributed by atoms with Gasteiger partial charge in [0.25, 0.3) is 5.69 Å². The smallest absolute Gasteiger partial charge is 0.345 e. The second kappa shape index (κ2) is 8.94. The van der Waals surface area contributed by atoms with Crippen LogP contribution in [0.15, 0.2) is 41.8 Å². The van der Waals surface area contributed by atoms with Crippen molar-refractivity contribution in [3.63, 3.8) is 0 Å². The predicted molar refractivity (Wildman–Crippen MR) is 121 cm³/mol. The molecular formula is C23H17N3O7S. The van der Waals surface area contributed by atoms with Gasteiger partial charge in [-0.25, -0.2) is 9.78 Å². The molecule has 2 aromatic carbocycles. The minimum atomic E-state index is -1.04. The number of rotatable bonds is 6. The maximum absolute atomic E-state index is 13.0. The number of benzene rings is 2. The first-order valence-electron chi connectivity index (χ1n) is 10.1. The third kappa shape index (κ3) is 3.86. The number of anilines is 1. The van der Waals surface area contributed by atoms with Crippen LogP contribution in [0.25, 0.3) is 0 Å². The van der Waals surface area contributed by atoms with Crippen LogP contribution < -0.4 is 4.90 Å². The molecule has 0 aliphatic heterocycles. The van der Waals surface area contributed by atoms with Gasteiger partial charge in [-0.05, 0) is 19.1 Å². The lowest BCUT2D eigenvalue weighted by molar-refractivity contribution is -0.385. The van der Waals surface area contributed by atoms with Gasteiger partial charge < -0.3 is 4.74 Å².